The summed E-state index contributed by atoms with van der Waals surface area (Å²) in [6.45, 7) is 9.31. The predicted molar refractivity (Wildman–Crippen MR) is 131 cm³/mol. The second-order valence-corrected chi connectivity index (χ2v) is 11.2. The summed E-state index contributed by atoms with van der Waals surface area (Å²) < 4.78 is 30.4. The van der Waals surface area contributed by atoms with Crippen LogP contribution in [0.1, 0.15) is 29.7 Å². The maximum Gasteiger partial charge on any atom is 0.268 e. The number of benzene rings is 2. The summed E-state index contributed by atoms with van der Waals surface area (Å²) in [4.78, 5) is 2.84. The van der Waals surface area contributed by atoms with Crippen molar-refractivity contribution in [3.63, 3.8) is 0 Å². The Morgan fingerprint density at radius 1 is 1.03 bits per heavy atom. The average molecular weight is 537 g/mol. The van der Waals surface area contributed by atoms with Gasteiger partial charge in [0.25, 0.3) is 10.0 Å². The van der Waals surface area contributed by atoms with Crippen molar-refractivity contribution in [1.29, 1.82) is 0 Å². The highest BCUT2D eigenvalue weighted by Gasteiger charge is 2.23. The molecule has 0 radical (unpaired) electrons. The zero-order chi connectivity index (χ0) is 21.3. The van der Waals surface area contributed by atoms with E-state index < -0.39 is 10.0 Å². The molecule has 7 heteroatoms. The van der Waals surface area contributed by atoms with Gasteiger partial charge in [-0.3, -0.25) is 0 Å². The van der Waals surface area contributed by atoms with Gasteiger partial charge in [-0.15, -0.1) is 0 Å². The molecule has 2 aromatic carbocycles. The van der Waals surface area contributed by atoms with E-state index >= 15 is 0 Å². The summed E-state index contributed by atoms with van der Waals surface area (Å²) in [6, 6.07) is 14.8. The van der Waals surface area contributed by atoms with Crippen LogP contribution in [-0.2, 0) is 16.6 Å². The third-order valence-electron chi connectivity index (χ3n) is 6.02. The van der Waals surface area contributed by atoms with E-state index in [0.29, 0.717) is 4.90 Å². The van der Waals surface area contributed by atoms with Crippen LogP contribution in [0.4, 0.5) is 0 Å². The maximum atomic E-state index is 13.3. The second kappa shape index (κ2) is 8.98. The molecule has 0 spiro atoms. The molecule has 3 aromatic rings. The van der Waals surface area contributed by atoms with E-state index in [1.807, 2.05) is 26.0 Å². The minimum Gasteiger partial charge on any atom is -0.302 e. The first-order valence-corrected chi connectivity index (χ1v) is 12.8. The highest BCUT2D eigenvalue weighted by Crippen LogP contribution is 2.30. The van der Waals surface area contributed by atoms with Crippen LogP contribution in [-0.4, -0.2) is 46.6 Å². The van der Waals surface area contributed by atoms with Gasteiger partial charge in [-0.2, -0.15) is 0 Å². The van der Waals surface area contributed by atoms with Gasteiger partial charge in [-0.25, -0.2) is 15.5 Å². The molecular formula is C23H28IN3O2S. The van der Waals surface area contributed by atoms with E-state index in [9.17, 15) is 8.42 Å². The van der Waals surface area contributed by atoms with Crippen molar-refractivity contribution < 1.29 is 8.42 Å². The number of nitrogens with zero attached hydrogens (tertiary/aromatic N) is 3. The van der Waals surface area contributed by atoms with E-state index in [4.69, 9.17) is 0 Å². The molecule has 0 amide bonds. The fourth-order valence-corrected chi connectivity index (χ4v) is 6.47. The Kier molecular flexibility index (Phi) is 6.53. The fraction of sp³-hybridized carbons (Fsp3) is 0.391. The third kappa shape index (κ3) is 4.30. The highest BCUT2D eigenvalue weighted by atomic mass is 127. The SMILES string of the molecule is Cc1c(C)n(S(=O)(=O)c2ccccc2)c2ccc(CN(I)CCN3CCCC3)cc12. The number of halogens is 1. The molecule has 1 aliphatic rings. The Bertz CT molecular complexity index is 1140. The topological polar surface area (TPSA) is 45.6 Å². The fourth-order valence-electron chi connectivity index (χ4n) is 4.23. The zero-order valence-electron chi connectivity index (χ0n) is 17.5. The van der Waals surface area contributed by atoms with Crippen LogP contribution >= 0.6 is 22.9 Å². The molecule has 160 valence electrons. The van der Waals surface area contributed by atoms with E-state index in [0.717, 1.165) is 41.8 Å². The molecule has 0 atom stereocenters. The van der Waals surface area contributed by atoms with Crippen LogP contribution in [0.5, 0.6) is 0 Å². The summed E-state index contributed by atoms with van der Waals surface area (Å²) in [5.41, 5.74) is 3.74. The number of likely N-dealkylation sites (tertiary alicyclic amines) is 1. The number of fused-ring (bicyclic) bond motifs is 1. The quantitative estimate of drug-likeness (QED) is 0.323. The van der Waals surface area contributed by atoms with E-state index in [-0.39, 0.29) is 0 Å². The first kappa shape index (κ1) is 21.8. The lowest BCUT2D eigenvalue weighted by molar-refractivity contribution is 0.311. The van der Waals surface area contributed by atoms with Crippen LogP contribution in [0.3, 0.4) is 0 Å². The molecule has 0 bridgehead atoms. The smallest absolute Gasteiger partial charge is 0.268 e. The van der Waals surface area contributed by atoms with Gasteiger partial charge in [-0.05, 0) is 75.2 Å². The summed E-state index contributed by atoms with van der Waals surface area (Å²) >= 11 is 2.40. The largest absolute Gasteiger partial charge is 0.302 e. The Labute approximate surface area is 193 Å². The standard InChI is InChI=1S/C23H28IN3O2S/c1-18-19(2)27(30(28,29)21-8-4-3-5-9-21)23-11-10-20(16-22(18)23)17-26(24)15-14-25-12-6-7-13-25/h3-5,8-11,16H,6-7,12-15,17H2,1-2H3. The van der Waals surface area contributed by atoms with Gasteiger partial charge in [0.05, 0.1) is 10.4 Å². The molecule has 0 unspecified atom stereocenters. The molecule has 1 aliphatic heterocycles. The van der Waals surface area contributed by atoms with E-state index in [1.54, 1.807) is 24.3 Å². The highest BCUT2D eigenvalue weighted by molar-refractivity contribution is 14.1. The zero-order valence-corrected chi connectivity index (χ0v) is 20.5. The minimum atomic E-state index is -3.63. The lowest BCUT2D eigenvalue weighted by Crippen LogP contribution is -2.28. The molecule has 1 saturated heterocycles. The summed E-state index contributed by atoms with van der Waals surface area (Å²) in [7, 11) is -3.63. The van der Waals surface area contributed by atoms with Crippen LogP contribution in [0.15, 0.2) is 53.4 Å². The van der Waals surface area contributed by atoms with Crippen LogP contribution in [0, 0.1) is 13.8 Å². The summed E-state index contributed by atoms with van der Waals surface area (Å²) in [5, 5.41) is 1.01. The number of aromatic nitrogens is 1. The molecule has 0 saturated carbocycles. The Hall–Kier alpha value is -1.42. The summed E-state index contributed by atoms with van der Waals surface area (Å²) in [6.07, 6.45) is 2.64. The van der Waals surface area contributed by atoms with Crippen LogP contribution in [0.25, 0.3) is 10.9 Å². The lowest BCUT2D eigenvalue weighted by Gasteiger charge is -2.19. The van der Waals surface area contributed by atoms with Crippen LogP contribution in [0.2, 0.25) is 0 Å². The molecular weight excluding hydrogens is 509 g/mol. The van der Waals surface area contributed by atoms with Gasteiger partial charge in [0.15, 0.2) is 0 Å². The Morgan fingerprint density at radius 2 is 1.73 bits per heavy atom. The second-order valence-electron chi connectivity index (χ2n) is 8.04. The molecule has 30 heavy (non-hydrogen) atoms. The predicted octanol–water partition coefficient (Wildman–Crippen LogP) is 4.74. The lowest BCUT2D eigenvalue weighted by atomic mass is 10.1. The number of aryl methyl sites for hydroxylation is 1. The third-order valence-corrected chi connectivity index (χ3v) is 8.67. The number of hydrogen-bond acceptors (Lipinski definition) is 4. The van der Waals surface area contributed by atoms with Crippen molar-refractivity contribution in [2.24, 2.45) is 0 Å². The molecule has 2 heterocycles. The van der Waals surface area contributed by atoms with Gasteiger partial charge in [-0.1, -0.05) is 24.3 Å². The first-order valence-electron chi connectivity index (χ1n) is 10.4. The first-order chi connectivity index (χ1) is 14.4. The van der Waals surface area contributed by atoms with Crippen LogP contribution < -0.4 is 0 Å². The van der Waals surface area contributed by atoms with Gasteiger partial charge in [0.2, 0.25) is 0 Å². The van der Waals surface area contributed by atoms with Crippen molar-refractivity contribution in [3.05, 3.63) is 65.4 Å². The monoisotopic (exact) mass is 537 g/mol. The summed E-state index contributed by atoms with van der Waals surface area (Å²) in [5.74, 6) is 0. The van der Waals surface area contributed by atoms with Crippen molar-refractivity contribution in [2.45, 2.75) is 38.1 Å². The number of rotatable bonds is 7. The molecule has 4 rings (SSSR count). The van der Waals surface area contributed by atoms with E-state index in [1.165, 1.54) is 35.5 Å². The van der Waals surface area contributed by atoms with Crippen molar-refractivity contribution in [2.75, 3.05) is 26.2 Å². The normalized spacial score (nSPS) is 15.5. The molecule has 1 fully saturated rings. The molecule has 1 aromatic heterocycles. The average Bonchev–Trinajstić information content (AvgIpc) is 3.35. The van der Waals surface area contributed by atoms with Crippen molar-refractivity contribution in [1.82, 2.24) is 12.0 Å². The van der Waals surface area contributed by atoms with Crippen molar-refractivity contribution in [3.8, 4) is 0 Å². The van der Waals surface area contributed by atoms with Gasteiger partial charge >= 0.3 is 0 Å². The molecule has 0 aliphatic carbocycles. The van der Waals surface area contributed by atoms with Gasteiger partial charge < -0.3 is 4.90 Å². The van der Waals surface area contributed by atoms with E-state index in [2.05, 4.69) is 43.0 Å². The maximum absolute atomic E-state index is 13.3. The molecule has 0 N–H and O–H groups in total. The Balaban J connectivity index is 1.60. The minimum absolute atomic E-state index is 0.314. The number of hydrogen-bond donors (Lipinski definition) is 0. The van der Waals surface area contributed by atoms with Crippen molar-refractivity contribution >= 4 is 43.8 Å². The van der Waals surface area contributed by atoms with Gasteiger partial charge in [0, 0.05) is 53.6 Å². The van der Waals surface area contributed by atoms with Gasteiger partial charge in [0.1, 0.15) is 0 Å². The Morgan fingerprint density at radius 3 is 2.43 bits per heavy atom. The molecule has 5 nitrogen and oxygen atoms in total.